The summed E-state index contributed by atoms with van der Waals surface area (Å²) in [7, 11) is -1.60. The van der Waals surface area contributed by atoms with Gasteiger partial charge in [0.15, 0.2) is 0 Å². The molecule has 0 aliphatic heterocycles. The van der Waals surface area contributed by atoms with E-state index in [2.05, 4.69) is 0 Å². The van der Waals surface area contributed by atoms with E-state index in [0.717, 1.165) is 16.2 Å². The minimum atomic E-state index is -1.60. The number of hydrogen-bond donors (Lipinski definition) is 2. The Morgan fingerprint density at radius 3 is 2.48 bits per heavy atom. The highest BCUT2D eigenvalue weighted by Crippen LogP contribution is 2.36. The summed E-state index contributed by atoms with van der Waals surface area (Å²) in [6.07, 6.45) is 0. The summed E-state index contributed by atoms with van der Waals surface area (Å²) >= 11 is 6.28. The van der Waals surface area contributed by atoms with E-state index in [-0.39, 0.29) is 0 Å². The third kappa shape index (κ3) is 1.77. The highest BCUT2D eigenvalue weighted by Gasteiger charge is 2.21. The molecule has 0 aliphatic carbocycles. The average molecular weight is 297 g/mol. The van der Waals surface area contributed by atoms with Crippen LogP contribution in [0.1, 0.15) is 0 Å². The van der Waals surface area contributed by atoms with Gasteiger partial charge in [-0.15, -0.1) is 0 Å². The molecule has 0 fully saturated rings. The largest absolute Gasteiger partial charge is 0.492 e. The fourth-order valence-corrected chi connectivity index (χ4v) is 3.04. The number of fused-ring (bicyclic) bond motifs is 5. The van der Waals surface area contributed by atoms with Crippen molar-refractivity contribution in [1.29, 1.82) is 0 Å². The summed E-state index contributed by atoms with van der Waals surface area (Å²) in [5.74, 6) is 0. The molecule has 2 N–H and O–H groups in total. The maximum Gasteiger partial charge on any atom is 0.492 e. The second-order valence-corrected chi connectivity index (χ2v) is 5.39. The Balaban J connectivity index is 2.27. The van der Waals surface area contributed by atoms with Crippen LogP contribution in [-0.4, -0.2) is 17.2 Å². The molecule has 1 heterocycles. The molecule has 21 heavy (non-hydrogen) atoms. The van der Waals surface area contributed by atoms with Gasteiger partial charge in [-0.1, -0.05) is 48.0 Å². The van der Waals surface area contributed by atoms with Gasteiger partial charge < -0.3 is 14.5 Å². The normalized spacial score (nSPS) is 11.6. The van der Waals surface area contributed by atoms with Crippen molar-refractivity contribution in [2.24, 2.45) is 0 Å². The molecule has 0 unspecified atom stereocenters. The van der Waals surface area contributed by atoms with Crippen molar-refractivity contribution in [3.05, 3.63) is 53.6 Å². The molecule has 3 aromatic carbocycles. The fourth-order valence-electron chi connectivity index (χ4n) is 2.79. The zero-order chi connectivity index (χ0) is 14.6. The lowest BCUT2D eigenvalue weighted by molar-refractivity contribution is 0.425. The second-order valence-electron chi connectivity index (χ2n) is 4.98. The van der Waals surface area contributed by atoms with Crippen LogP contribution in [0.5, 0.6) is 0 Å². The van der Waals surface area contributed by atoms with E-state index in [9.17, 15) is 10.0 Å². The van der Waals surface area contributed by atoms with E-state index in [4.69, 9.17) is 16.0 Å². The highest BCUT2D eigenvalue weighted by molar-refractivity contribution is 6.62. The molecule has 0 radical (unpaired) electrons. The summed E-state index contributed by atoms with van der Waals surface area (Å²) in [5.41, 5.74) is 1.44. The second kappa shape index (κ2) is 4.50. The summed E-state index contributed by atoms with van der Waals surface area (Å²) in [4.78, 5) is 0. The predicted octanol–water partition coefficient (Wildman–Crippen LogP) is 3.07. The Labute approximate surface area is 125 Å². The Morgan fingerprint density at radius 1 is 0.857 bits per heavy atom. The SMILES string of the molecule is OB(O)c1ccc(Cl)c2c1oc1c3ccccc3ccc12. The predicted molar refractivity (Wildman–Crippen MR) is 86.1 cm³/mol. The monoisotopic (exact) mass is 296 g/mol. The fraction of sp³-hybridized carbons (Fsp3) is 0. The van der Waals surface area contributed by atoms with E-state index >= 15 is 0 Å². The topological polar surface area (TPSA) is 53.6 Å². The zero-order valence-corrected chi connectivity index (χ0v) is 11.6. The third-order valence-corrected chi connectivity index (χ3v) is 4.08. The first-order valence-electron chi connectivity index (χ1n) is 6.55. The van der Waals surface area contributed by atoms with Gasteiger partial charge in [0, 0.05) is 21.6 Å². The first kappa shape index (κ1) is 12.7. The molecule has 0 atom stereocenters. The minimum Gasteiger partial charge on any atom is -0.456 e. The van der Waals surface area contributed by atoms with Gasteiger partial charge in [-0.05, 0) is 17.5 Å². The maximum absolute atomic E-state index is 9.50. The molecule has 0 bridgehead atoms. The molecular weight excluding hydrogens is 286 g/mol. The van der Waals surface area contributed by atoms with Crippen LogP contribution in [-0.2, 0) is 0 Å². The molecule has 4 aromatic rings. The van der Waals surface area contributed by atoms with Crippen LogP contribution in [0.4, 0.5) is 0 Å². The summed E-state index contributed by atoms with van der Waals surface area (Å²) < 4.78 is 5.93. The first-order chi connectivity index (χ1) is 10.2. The van der Waals surface area contributed by atoms with Gasteiger partial charge in [-0.25, -0.2) is 0 Å². The smallest absolute Gasteiger partial charge is 0.456 e. The number of hydrogen-bond acceptors (Lipinski definition) is 3. The van der Waals surface area contributed by atoms with Crippen molar-refractivity contribution in [3.8, 4) is 0 Å². The Morgan fingerprint density at radius 2 is 1.67 bits per heavy atom. The standard InChI is InChI=1S/C16H10BClO3/c18-13-8-7-12(17(19)20)16-14(13)11-6-5-9-3-1-2-4-10(9)15(11)21-16/h1-8,19-20H. The zero-order valence-electron chi connectivity index (χ0n) is 10.9. The van der Waals surface area contributed by atoms with E-state index < -0.39 is 7.12 Å². The van der Waals surface area contributed by atoms with E-state index in [0.29, 0.717) is 27.0 Å². The number of benzene rings is 3. The third-order valence-electron chi connectivity index (χ3n) is 3.77. The number of halogens is 1. The molecule has 0 saturated carbocycles. The van der Waals surface area contributed by atoms with Gasteiger partial charge in [0.25, 0.3) is 0 Å². The van der Waals surface area contributed by atoms with Crippen molar-refractivity contribution in [2.45, 2.75) is 0 Å². The first-order valence-corrected chi connectivity index (χ1v) is 6.93. The summed E-state index contributed by atoms with van der Waals surface area (Å²) in [5, 5.41) is 23.2. The highest BCUT2D eigenvalue weighted by atomic mass is 35.5. The Bertz CT molecular complexity index is 991. The van der Waals surface area contributed by atoms with Gasteiger partial charge in [0.1, 0.15) is 11.2 Å². The lowest BCUT2D eigenvalue weighted by Crippen LogP contribution is -2.30. The van der Waals surface area contributed by atoms with Gasteiger partial charge in [0.2, 0.25) is 0 Å². The molecule has 5 heteroatoms. The van der Waals surface area contributed by atoms with Gasteiger partial charge >= 0.3 is 7.12 Å². The van der Waals surface area contributed by atoms with E-state index in [1.807, 2.05) is 36.4 Å². The lowest BCUT2D eigenvalue weighted by atomic mass is 9.79. The molecule has 0 spiro atoms. The van der Waals surface area contributed by atoms with Crippen LogP contribution < -0.4 is 5.46 Å². The van der Waals surface area contributed by atoms with Crippen LogP contribution in [0.25, 0.3) is 32.7 Å². The van der Waals surface area contributed by atoms with Crippen LogP contribution in [0.15, 0.2) is 52.9 Å². The quantitative estimate of drug-likeness (QED) is 0.531. The van der Waals surface area contributed by atoms with Crippen molar-refractivity contribution in [3.63, 3.8) is 0 Å². The van der Waals surface area contributed by atoms with Crippen molar-refractivity contribution in [2.75, 3.05) is 0 Å². The molecule has 0 aliphatic rings. The molecule has 102 valence electrons. The Kier molecular flexibility index (Phi) is 2.72. The van der Waals surface area contributed by atoms with E-state index in [1.54, 1.807) is 12.1 Å². The number of rotatable bonds is 1. The Hall–Kier alpha value is -2.01. The molecule has 1 aromatic heterocycles. The minimum absolute atomic E-state index is 0.315. The van der Waals surface area contributed by atoms with Gasteiger partial charge in [0.05, 0.1) is 5.02 Å². The molecule has 0 saturated heterocycles. The van der Waals surface area contributed by atoms with Crippen molar-refractivity contribution >= 4 is 56.9 Å². The summed E-state index contributed by atoms with van der Waals surface area (Å²) in [6.45, 7) is 0. The van der Waals surface area contributed by atoms with Crippen molar-refractivity contribution in [1.82, 2.24) is 0 Å². The van der Waals surface area contributed by atoms with Crippen LogP contribution in [0, 0.1) is 0 Å². The molecular formula is C16H10BClO3. The molecule has 4 rings (SSSR count). The molecule has 0 amide bonds. The van der Waals surface area contributed by atoms with Gasteiger partial charge in [-0.3, -0.25) is 0 Å². The number of furan rings is 1. The van der Waals surface area contributed by atoms with Crippen LogP contribution in [0.3, 0.4) is 0 Å². The average Bonchev–Trinajstić information content (AvgIpc) is 2.87. The lowest BCUT2D eigenvalue weighted by Gasteiger charge is -2.01. The van der Waals surface area contributed by atoms with Gasteiger partial charge in [-0.2, -0.15) is 0 Å². The van der Waals surface area contributed by atoms with Crippen LogP contribution >= 0.6 is 11.6 Å². The van der Waals surface area contributed by atoms with E-state index in [1.165, 1.54) is 0 Å². The van der Waals surface area contributed by atoms with Crippen LogP contribution in [0.2, 0.25) is 5.02 Å². The maximum atomic E-state index is 9.50. The summed E-state index contributed by atoms with van der Waals surface area (Å²) in [6, 6.07) is 15.1. The molecule has 3 nitrogen and oxygen atoms in total. The van der Waals surface area contributed by atoms with Crippen molar-refractivity contribution < 1.29 is 14.5 Å².